The maximum atomic E-state index is 11.1. The van der Waals surface area contributed by atoms with Crippen LogP contribution in [0.25, 0.3) is 10.9 Å². The van der Waals surface area contributed by atoms with Crippen LogP contribution in [-0.2, 0) is 5.60 Å². The summed E-state index contributed by atoms with van der Waals surface area (Å²) in [6.07, 6.45) is 3.87. The van der Waals surface area contributed by atoms with Crippen molar-refractivity contribution in [3.8, 4) is 0 Å². The van der Waals surface area contributed by atoms with Crippen LogP contribution >= 0.6 is 0 Å². The number of aromatic amines is 1. The Labute approximate surface area is 108 Å². The predicted octanol–water partition coefficient (Wildman–Crippen LogP) is 3.81. The minimum absolute atomic E-state index is 0.223. The van der Waals surface area contributed by atoms with Gasteiger partial charge in [0.05, 0.1) is 5.60 Å². The third-order valence-electron chi connectivity index (χ3n) is 4.48. The van der Waals surface area contributed by atoms with Crippen molar-refractivity contribution in [2.45, 2.75) is 39.2 Å². The van der Waals surface area contributed by atoms with Gasteiger partial charge in [0, 0.05) is 11.7 Å². The second-order valence-electron chi connectivity index (χ2n) is 6.65. The van der Waals surface area contributed by atoms with Crippen molar-refractivity contribution in [3.05, 3.63) is 36.0 Å². The first-order valence-electron chi connectivity index (χ1n) is 6.71. The Morgan fingerprint density at radius 1 is 1.28 bits per heavy atom. The van der Waals surface area contributed by atoms with E-state index in [-0.39, 0.29) is 5.41 Å². The molecule has 1 aromatic carbocycles. The summed E-state index contributed by atoms with van der Waals surface area (Å²) in [4.78, 5) is 3.20. The number of hydrogen-bond acceptors (Lipinski definition) is 1. The molecule has 0 aliphatic heterocycles. The van der Waals surface area contributed by atoms with E-state index in [1.54, 1.807) is 0 Å². The molecule has 0 radical (unpaired) electrons. The molecular formula is C16H21NO. The minimum atomic E-state index is -0.672. The number of hydrogen-bond donors (Lipinski definition) is 2. The van der Waals surface area contributed by atoms with Gasteiger partial charge in [0.1, 0.15) is 0 Å². The van der Waals surface area contributed by atoms with Crippen LogP contribution in [0.5, 0.6) is 0 Å². The number of benzene rings is 1. The van der Waals surface area contributed by atoms with Crippen LogP contribution in [-0.4, -0.2) is 10.1 Å². The molecule has 2 heteroatoms. The van der Waals surface area contributed by atoms with Crippen LogP contribution in [0.4, 0.5) is 0 Å². The minimum Gasteiger partial charge on any atom is -0.385 e. The molecule has 1 aliphatic carbocycles. The molecule has 0 bridgehead atoms. The molecule has 2 aromatic rings. The summed E-state index contributed by atoms with van der Waals surface area (Å²) in [6.45, 7) is 6.66. The largest absolute Gasteiger partial charge is 0.385 e. The van der Waals surface area contributed by atoms with Gasteiger partial charge in [-0.2, -0.15) is 0 Å². The lowest BCUT2D eigenvalue weighted by molar-refractivity contribution is -0.000718. The van der Waals surface area contributed by atoms with Crippen LogP contribution < -0.4 is 0 Å². The molecule has 1 aromatic heterocycles. The van der Waals surface area contributed by atoms with Crippen molar-refractivity contribution in [3.63, 3.8) is 0 Å². The van der Waals surface area contributed by atoms with E-state index in [1.165, 1.54) is 5.39 Å². The average molecular weight is 243 g/mol. The summed E-state index contributed by atoms with van der Waals surface area (Å²) < 4.78 is 0. The second kappa shape index (κ2) is 3.61. The van der Waals surface area contributed by atoms with Crippen molar-refractivity contribution in [2.24, 2.45) is 11.3 Å². The van der Waals surface area contributed by atoms with Crippen molar-refractivity contribution in [2.75, 3.05) is 0 Å². The lowest BCUT2D eigenvalue weighted by Crippen LogP contribution is -2.29. The van der Waals surface area contributed by atoms with Gasteiger partial charge < -0.3 is 10.1 Å². The van der Waals surface area contributed by atoms with Crippen molar-refractivity contribution < 1.29 is 5.11 Å². The Balaban J connectivity index is 2.07. The van der Waals surface area contributed by atoms with Gasteiger partial charge in [-0.15, -0.1) is 0 Å². The fourth-order valence-corrected chi connectivity index (χ4v) is 3.68. The first-order valence-corrected chi connectivity index (χ1v) is 6.71. The van der Waals surface area contributed by atoms with E-state index < -0.39 is 5.60 Å². The third-order valence-corrected chi connectivity index (χ3v) is 4.48. The normalized spacial score (nSPS) is 31.0. The molecule has 1 saturated carbocycles. The highest BCUT2D eigenvalue weighted by molar-refractivity contribution is 5.80. The number of rotatable bonds is 1. The van der Waals surface area contributed by atoms with Gasteiger partial charge in [-0.25, -0.2) is 0 Å². The topological polar surface area (TPSA) is 36.0 Å². The molecule has 1 fully saturated rings. The summed E-state index contributed by atoms with van der Waals surface area (Å²) in [7, 11) is 0. The van der Waals surface area contributed by atoms with Crippen LogP contribution in [0.15, 0.2) is 30.5 Å². The van der Waals surface area contributed by atoms with E-state index in [2.05, 4.69) is 50.0 Å². The van der Waals surface area contributed by atoms with E-state index in [9.17, 15) is 5.11 Å². The summed E-state index contributed by atoms with van der Waals surface area (Å²) in [6, 6.07) is 8.33. The number of H-pyrrole nitrogens is 1. The van der Waals surface area contributed by atoms with Crippen LogP contribution in [0.2, 0.25) is 0 Å². The lowest BCUT2D eigenvalue weighted by atomic mass is 9.83. The molecule has 1 aliphatic rings. The molecule has 0 amide bonds. The number of aromatic nitrogens is 1. The highest BCUT2D eigenvalue weighted by atomic mass is 16.3. The highest BCUT2D eigenvalue weighted by Crippen LogP contribution is 2.52. The van der Waals surface area contributed by atoms with E-state index in [1.807, 2.05) is 6.20 Å². The Kier molecular flexibility index (Phi) is 2.36. The van der Waals surface area contributed by atoms with Crippen LogP contribution in [0.1, 0.15) is 39.2 Å². The fraction of sp³-hybridized carbons (Fsp3) is 0.500. The van der Waals surface area contributed by atoms with Gasteiger partial charge >= 0.3 is 0 Å². The highest BCUT2D eigenvalue weighted by Gasteiger charge is 2.48. The Morgan fingerprint density at radius 3 is 2.72 bits per heavy atom. The number of aliphatic hydroxyl groups is 1. The van der Waals surface area contributed by atoms with Gasteiger partial charge in [-0.05, 0) is 53.3 Å². The van der Waals surface area contributed by atoms with Gasteiger partial charge in [0.2, 0.25) is 0 Å². The fourth-order valence-electron chi connectivity index (χ4n) is 3.68. The zero-order chi connectivity index (χ0) is 13.0. The molecule has 0 saturated heterocycles. The van der Waals surface area contributed by atoms with Crippen molar-refractivity contribution in [1.82, 2.24) is 4.98 Å². The van der Waals surface area contributed by atoms with Gasteiger partial charge in [-0.1, -0.05) is 26.8 Å². The second-order valence-corrected chi connectivity index (χ2v) is 6.65. The van der Waals surface area contributed by atoms with Crippen molar-refractivity contribution >= 4 is 10.9 Å². The zero-order valence-corrected chi connectivity index (χ0v) is 11.3. The maximum Gasteiger partial charge on any atom is 0.0927 e. The molecule has 2 unspecified atom stereocenters. The van der Waals surface area contributed by atoms with E-state index in [0.29, 0.717) is 5.92 Å². The quantitative estimate of drug-likeness (QED) is 0.785. The Morgan fingerprint density at radius 2 is 2.06 bits per heavy atom. The van der Waals surface area contributed by atoms with E-state index >= 15 is 0 Å². The molecule has 18 heavy (non-hydrogen) atoms. The van der Waals surface area contributed by atoms with Gasteiger partial charge in [-0.3, -0.25) is 0 Å². The zero-order valence-electron chi connectivity index (χ0n) is 11.3. The molecule has 0 spiro atoms. The third kappa shape index (κ3) is 1.67. The maximum absolute atomic E-state index is 11.1. The first-order chi connectivity index (χ1) is 8.41. The van der Waals surface area contributed by atoms with Crippen LogP contribution in [0, 0.1) is 11.3 Å². The van der Waals surface area contributed by atoms with E-state index in [4.69, 9.17) is 0 Å². The van der Waals surface area contributed by atoms with Gasteiger partial charge in [0.25, 0.3) is 0 Å². The molecule has 3 rings (SSSR count). The average Bonchev–Trinajstić information content (AvgIpc) is 2.81. The standard InChI is InChI=1S/C16H21NO/c1-11-9-15(2,3)10-16(11,18)13-4-5-14-12(8-13)6-7-17-14/h4-8,11,17-18H,9-10H2,1-3H3. The molecular weight excluding hydrogens is 222 g/mol. The lowest BCUT2D eigenvalue weighted by Gasteiger charge is -2.29. The predicted molar refractivity (Wildman–Crippen MR) is 74.4 cm³/mol. The Bertz CT molecular complexity index is 584. The van der Waals surface area contributed by atoms with Crippen molar-refractivity contribution in [1.29, 1.82) is 0 Å². The van der Waals surface area contributed by atoms with Gasteiger partial charge in [0.15, 0.2) is 0 Å². The number of nitrogens with one attached hydrogen (secondary N) is 1. The molecule has 2 nitrogen and oxygen atoms in total. The van der Waals surface area contributed by atoms with Crippen LogP contribution in [0.3, 0.4) is 0 Å². The Hall–Kier alpha value is -1.28. The van der Waals surface area contributed by atoms with E-state index in [0.717, 1.165) is 23.9 Å². The summed E-state index contributed by atoms with van der Waals surface area (Å²) in [5.41, 5.74) is 1.75. The first kappa shape index (κ1) is 11.8. The molecule has 2 N–H and O–H groups in total. The summed E-state index contributed by atoms with van der Waals surface area (Å²) in [5.74, 6) is 0.309. The SMILES string of the molecule is CC1CC(C)(C)CC1(O)c1ccc2[nH]ccc2c1. The summed E-state index contributed by atoms with van der Waals surface area (Å²) >= 11 is 0. The monoisotopic (exact) mass is 243 g/mol. The molecule has 96 valence electrons. The molecule has 1 heterocycles. The number of fused-ring (bicyclic) bond motifs is 1. The smallest absolute Gasteiger partial charge is 0.0927 e. The summed E-state index contributed by atoms with van der Waals surface area (Å²) in [5, 5.41) is 12.2. The molecule has 2 atom stereocenters.